The van der Waals surface area contributed by atoms with Crippen molar-refractivity contribution in [2.45, 2.75) is 38.3 Å². The lowest BCUT2D eigenvalue weighted by molar-refractivity contribution is -0.384. The van der Waals surface area contributed by atoms with Crippen LogP contribution in [0.5, 0.6) is 5.75 Å². The molecule has 192 valence electrons. The zero-order chi connectivity index (χ0) is 26.4. The normalized spacial score (nSPS) is 15.2. The Morgan fingerprint density at radius 1 is 1.37 bits per heavy atom. The second-order valence-corrected chi connectivity index (χ2v) is 7.14. The number of likely N-dealkylation sites (tertiary alicyclic amines) is 1. The fourth-order valence-electron chi connectivity index (χ4n) is 3.53. The number of nitrogens with two attached hydrogens (primary N) is 1. The van der Waals surface area contributed by atoms with Crippen molar-refractivity contribution in [3.05, 3.63) is 38.8 Å². The van der Waals surface area contributed by atoms with Gasteiger partial charge in [-0.3, -0.25) is 24.5 Å². The smallest absolute Gasteiger partial charge is 0.270 e. The van der Waals surface area contributed by atoms with Crippen molar-refractivity contribution in [3.8, 4) is 5.75 Å². The van der Waals surface area contributed by atoms with Crippen molar-refractivity contribution in [2.75, 3.05) is 33.3 Å². The molecule has 0 bridgehead atoms. The Morgan fingerprint density at radius 2 is 2.09 bits per heavy atom. The molecule has 1 unspecified atom stereocenters. The van der Waals surface area contributed by atoms with Gasteiger partial charge in [0.25, 0.3) is 11.6 Å². The highest BCUT2D eigenvalue weighted by molar-refractivity contribution is 6.01. The van der Waals surface area contributed by atoms with E-state index in [0.717, 1.165) is 6.07 Å². The fourth-order valence-corrected chi connectivity index (χ4v) is 3.53. The van der Waals surface area contributed by atoms with Crippen LogP contribution < -0.4 is 21.1 Å². The predicted molar refractivity (Wildman–Crippen MR) is 125 cm³/mol. The minimum atomic E-state index is -1.21. The van der Waals surface area contributed by atoms with Gasteiger partial charge in [0.1, 0.15) is 24.1 Å². The summed E-state index contributed by atoms with van der Waals surface area (Å²) in [4.78, 5) is 71.4. The second kappa shape index (κ2) is 15.1. The van der Waals surface area contributed by atoms with Crippen LogP contribution in [0.15, 0.2) is 23.4 Å². The quantitative estimate of drug-likeness (QED) is 0.156. The van der Waals surface area contributed by atoms with E-state index < -0.39 is 34.7 Å². The summed E-state index contributed by atoms with van der Waals surface area (Å²) in [6.45, 7) is 1.65. The number of nitrogens with zero attached hydrogens (tertiary/aromatic N) is 3. The molecular formula is C21H30N6O8. The molecule has 1 aliphatic rings. The molecule has 2 atom stereocenters. The zero-order valence-electron chi connectivity index (χ0n) is 19.6. The Balaban J connectivity index is 0.00000298. The minimum Gasteiger partial charge on any atom is -0.493 e. The summed E-state index contributed by atoms with van der Waals surface area (Å²) >= 11 is 0. The molecule has 1 aliphatic heterocycles. The lowest BCUT2D eigenvalue weighted by Gasteiger charge is -2.28. The highest BCUT2D eigenvalue weighted by atomic mass is 16.6. The number of nitroso groups, excluding NO2 is 1. The first-order valence-electron chi connectivity index (χ1n) is 10.9. The first-order chi connectivity index (χ1) is 16.8. The number of non-ortho nitro benzene ring substituents is 1. The monoisotopic (exact) mass is 494 g/mol. The van der Waals surface area contributed by atoms with Crippen LogP contribution in [0.2, 0.25) is 0 Å². The first-order valence-corrected chi connectivity index (χ1v) is 10.9. The van der Waals surface area contributed by atoms with Gasteiger partial charge in [-0.25, -0.2) is 0 Å². The van der Waals surface area contributed by atoms with Gasteiger partial charge in [-0.2, -0.15) is 4.91 Å². The third kappa shape index (κ3) is 8.10. The highest BCUT2D eigenvalue weighted by Crippen LogP contribution is 2.25. The standard InChI is InChI=1S/C20H25N5O8.CH5N/c1-2-33-17-6-5-13(25(31)32)12-14(17)18(27)23-15(7-8-22-30)20(29)24-10-3-4-16(24)19(28)21-9-11-26;1-2/h5-6,11-12,15-16H,2-4,7-10H2,1H3,(H,21,28)(H,23,27);2H2,1H3/t15?,16-;/m0./s1. The van der Waals surface area contributed by atoms with E-state index in [9.17, 15) is 34.2 Å². The van der Waals surface area contributed by atoms with Crippen molar-refractivity contribution in [1.29, 1.82) is 0 Å². The van der Waals surface area contributed by atoms with Crippen LogP contribution in [0.1, 0.15) is 36.5 Å². The first kappa shape index (κ1) is 29.1. The average Bonchev–Trinajstić information content (AvgIpc) is 3.36. The highest BCUT2D eigenvalue weighted by Gasteiger charge is 2.37. The summed E-state index contributed by atoms with van der Waals surface area (Å²) in [5.41, 5.74) is 4.01. The molecule has 35 heavy (non-hydrogen) atoms. The zero-order valence-corrected chi connectivity index (χ0v) is 19.6. The number of rotatable bonds is 12. The maximum Gasteiger partial charge on any atom is 0.270 e. The van der Waals surface area contributed by atoms with Crippen molar-refractivity contribution >= 4 is 29.7 Å². The summed E-state index contributed by atoms with van der Waals surface area (Å²) in [5, 5.41) is 18.8. The molecule has 1 aromatic rings. The van der Waals surface area contributed by atoms with Crippen LogP contribution in [-0.2, 0) is 14.4 Å². The number of nitrogens with one attached hydrogen (secondary N) is 2. The number of nitro benzene ring substituents is 1. The lowest BCUT2D eigenvalue weighted by atomic mass is 10.1. The number of hydrogen-bond donors (Lipinski definition) is 3. The van der Waals surface area contributed by atoms with Gasteiger partial charge in [0.2, 0.25) is 11.8 Å². The van der Waals surface area contributed by atoms with Crippen molar-refractivity contribution in [2.24, 2.45) is 10.9 Å². The summed E-state index contributed by atoms with van der Waals surface area (Å²) in [6.07, 6.45) is 1.30. The van der Waals surface area contributed by atoms with E-state index in [1.165, 1.54) is 24.1 Å². The second-order valence-electron chi connectivity index (χ2n) is 7.14. The Hall–Kier alpha value is -3.94. The maximum absolute atomic E-state index is 13.2. The molecule has 3 amide bonds. The van der Waals surface area contributed by atoms with Crippen LogP contribution in [0, 0.1) is 15.0 Å². The van der Waals surface area contributed by atoms with Crippen LogP contribution in [-0.4, -0.2) is 79.2 Å². The predicted octanol–water partition coefficient (Wildman–Crippen LogP) is 0.129. The van der Waals surface area contributed by atoms with Gasteiger partial charge < -0.3 is 30.8 Å². The Morgan fingerprint density at radius 3 is 2.69 bits per heavy atom. The SMILES string of the molecule is CCOc1ccc([N+](=O)[O-])cc1C(=O)NC(CCN=O)C(=O)N1CCC[C@H]1C(=O)NCC=O.CN. The number of amides is 3. The molecule has 0 radical (unpaired) electrons. The summed E-state index contributed by atoms with van der Waals surface area (Å²) in [7, 11) is 1.50. The summed E-state index contributed by atoms with van der Waals surface area (Å²) < 4.78 is 5.37. The van der Waals surface area contributed by atoms with Crippen molar-refractivity contribution in [3.63, 3.8) is 0 Å². The van der Waals surface area contributed by atoms with Gasteiger partial charge in [-0.15, -0.1) is 0 Å². The van der Waals surface area contributed by atoms with E-state index >= 15 is 0 Å². The van der Waals surface area contributed by atoms with E-state index in [1.54, 1.807) is 6.92 Å². The van der Waals surface area contributed by atoms with E-state index in [0.29, 0.717) is 19.1 Å². The molecule has 1 saturated heterocycles. The van der Waals surface area contributed by atoms with Crippen molar-refractivity contribution < 1.29 is 28.8 Å². The van der Waals surface area contributed by atoms with Crippen molar-refractivity contribution in [1.82, 2.24) is 15.5 Å². The Kier molecular flexibility index (Phi) is 12.5. The summed E-state index contributed by atoms with van der Waals surface area (Å²) in [5.74, 6) is -1.82. The number of benzene rings is 1. The molecule has 0 spiro atoms. The minimum absolute atomic E-state index is 0.0904. The molecule has 1 fully saturated rings. The van der Waals surface area contributed by atoms with E-state index in [4.69, 9.17) is 4.74 Å². The number of ether oxygens (including phenoxy) is 1. The molecule has 1 heterocycles. The maximum atomic E-state index is 13.2. The van der Waals surface area contributed by atoms with E-state index in [-0.39, 0.29) is 49.7 Å². The van der Waals surface area contributed by atoms with Gasteiger partial charge in [0.15, 0.2) is 0 Å². The van der Waals surface area contributed by atoms with Crippen LogP contribution in [0.25, 0.3) is 0 Å². The molecule has 0 aromatic heterocycles. The van der Waals surface area contributed by atoms with Gasteiger partial charge in [-0.1, -0.05) is 5.18 Å². The molecular weight excluding hydrogens is 464 g/mol. The van der Waals surface area contributed by atoms with E-state index in [2.05, 4.69) is 21.5 Å². The average molecular weight is 495 g/mol. The largest absolute Gasteiger partial charge is 0.493 e. The lowest BCUT2D eigenvalue weighted by Crippen LogP contribution is -2.53. The summed E-state index contributed by atoms with van der Waals surface area (Å²) in [6, 6.07) is 1.48. The third-order valence-electron chi connectivity index (χ3n) is 5.03. The van der Waals surface area contributed by atoms with Crippen LogP contribution in [0.3, 0.4) is 0 Å². The number of carbonyl (C=O) groups is 4. The van der Waals surface area contributed by atoms with E-state index in [1.807, 2.05) is 0 Å². The molecule has 14 heteroatoms. The molecule has 0 aliphatic carbocycles. The number of aldehydes is 1. The molecule has 14 nitrogen and oxygen atoms in total. The van der Waals surface area contributed by atoms with Gasteiger partial charge in [0.05, 0.1) is 30.2 Å². The molecule has 2 rings (SSSR count). The third-order valence-corrected chi connectivity index (χ3v) is 5.03. The number of nitro groups is 1. The Labute approximate surface area is 201 Å². The van der Waals surface area contributed by atoms with Crippen LogP contribution >= 0.6 is 0 Å². The number of carbonyl (C=O) groups excluding carboxylic acids is 4. The number of hydrogen-bond acceptors (Lipinski definition) is 10. The topological polar surface area (TPSA) is 203 Å². The van der Waals surface area contributed by atoms with Gasteiger partial charge in [0, 0.05) is 18.7 Å². The van der Waals surface area contributed by atoms with Gasteiger partial charge in [-0.05, 0) is 39.3 Å². The fraction of sp³-hybridized carbons (Fsp3) is 0.524. The molecule has 4 N–H and O–H groups in total. The molecule has 0 saturated carbocycles. The Bertz CT molecular complexity index is 925. The molecule has 1 aromatic carbocycles. The van der Waals surface area contributed by atoms with Crippen LogP contribution in [0.4, 0.5) is 5.69 Å². The van der Waals surface area contributed by atoms with Gasteiger partial charge >= 0.3 is 0 Å².